The van der Waals surface area contributed by atoms with Crippen molar-refractivity contribution in [1.82, 2.24) is 10.6 Å². The van der Waals surface area contributed by atoms with Gasteiger partial charge in [0.25, 0.3) is 11.8 Å². The minimum atomic E-state index is -0.742. The molecular weight excluding hydrogens is 463 g/mol. The molecule has 3 rings (SSSR count). The van der Waals surface area contributed by atoms with Gasteiger partial charge in [0.2, 0.25) is 0 Å². The molecule has 2 aromatic rings. The number of carbonyl (C=O) groups is 3. The van der Waals surface area contributed by atoms with E-state index >= 15 is 0 Å². The maximum atomic E-state index is 12.3. The highest BCUT2D eigenvalue weighted by molar-refractivity contribution is 7.18. The maximum absolute atomic E-state index is 12.3. The first-order valence-electron chi connectivity index (χ1n) is 9.84. The average Bonchev–Trinajstić information content (AvgIpc) is 3.10. The minimum absolute atomic E-state index is 0.00741. The van der Waals surface area contributed by atoms with Crippen molar-refractivity contribution in [2.24, 2.45) is 5.92 Å². The first-order valence-corrected chi connectivity index (χ1v) is 11.4. The topological polar surface area (TPSA) is 105 Å². The van der Waals surface area contributed by atoms with E-state index in [0.717, 1.165) is 11.3 Å². The molecule has 1 saturated carbocycles. The van der Waals surface area contributed by atoms with Gasteiger partial charge in [0.15, 0.2) is 0 Å². The number of carbonyl (C=O) groups excluding carboxylic acids is 2. The second-order valence-corrected chi connectivity index (χ2v) is 9.26. The number of hydrogen-bond donors (Lipinski definition) is 3. The van der Waals surface area contributed by atoms with Crippen LogP contribution in [0.2, 0.25) is 9.36 Å². The molecule has 31 heavy (non-hydrogen) atoms. The second kappa shape index (κ2) is 10.8. The molecule has 0 atom stereocenters. The Balaban J connectivity index is 1.39. The van der Waals surface area contributed by atoms with Crippen molar-refractivity contribution in [3.8, 4) is 5.75 Å². The summed E-state index contributed by atoms with van der Waals surface area (Å²) < 4.78 is 6.27. The van der Waals surface area contributed by atoms with Gasteiger partial charge in [-0.1, -0.05) is 23.2 Å². The van der Waals surface area contributed by atoms with Crippen LogP contribution in [0.15, 0.2) is 30.3 Å². The molecule has 0 radical (unpaired) electrons. The summed E-state index contributed by atoms with van der Waals surface area (Å²) in [5, 5.41) is 14.8. The van der Waals surface area contributed by atoms with Crippen LogP contribution in [0, 0.1) is 5.92 Å². The lowest BCUT2D eigenvalue weighted by molar-refractivity contribution is -0.143. The van der Waals surface area contributed by atoms with Crippen LogP contribution in [0.4, 0.5) is 0 Å². The number of carboxylic acids is 1. The number of thiophene rings is 1. The lowest BCUT2D eigenvalue weighted by Crippen LogP contribution is -2.34. The summed E-state index contributed by atoms with van der Waals surface area (Å²) in [6, 6.07) is 8.29. The summed E-state index contributed by atoms with van der Waals surface area (Å²) in [7, 11) is 0. The highest BCUT2D eigenvalue weighted by atomic mass is 35.5. The first kappa shape index (κ1) is 23.4. The number of aliphatic carboxylic acids is 1. The van der Waals surface area contributed by atoms with Gasteiger partial charge in [-0.05, 0) is 56.0 Å². The lowest BCUT2D eigenvalue weighted by atomic mass is 9.87. The second-order valence-electron chi connectivity index (χ2n) is 7.20. The van der Waals surface area contributed by atoms with Crippen LogP contribution in [0.5, 0.6) is 5.75 Å². The summed E-state index contributed by atoms with van der Waals surface area (Å²) >= 11 is 12.8. The molecule has 1 aromatic heterocycles. The third-order valence-electron chi connectivity index (χ3n) is 5.01. The zero-order valence-corrected chi connectivity index (χ0v) is 18.9. The van der Waals surface area contributed by atoms with Gasteiger partial charge in [-0.15, -0.1) is 11.3 Å². The molecule has 7 nitrogen and oxygen atoms in total. The summed E-state index contributed by atoms with van der Waals surface area (Å²) in [4.78, 5) is 35.7. The van der Waals surface area contributed by atoms with Crippen LogP contribution in [-0.4, -0.2) is 42.1 Å². The molecule has 0 unspecified atom stereocenters. The SMILES string of the molecule is O=C(NCCNC(=O)c1cc(Cl)c(Cl)s1)c1ccc(OC2CCC(C(=O)O)CC2)cc1. The van der Waals surface area contributed by atoms with E-state index in [-0.39, 0.29) is 36.9 Å². The average molecular weight is 485 g/mol. The van der Waals surface area contributed by atoms with E-state index in [9.17, 15) is 14.4 Å². The van der Waals surface area contributed by atoms with Gasteiger partial charge in [-0.2, -0.15) is 0 Å². The molecule has 1 heterocycles. The molecule has 3 N–H and O–H groups in total. The number of ether oxygens (including phenoxy) is 1. The predicted molar refractivity (Wildman–Crippen MR) is 119 cm³/mol. The van der Waals surface area contributed by atoms with Crippen molar-refractivity contribution < 1.29 is 24.2 Å². The van der Waals surface area contributed by atoms with Crippen molar-refractivity contribution in [2.45, 2.75) is 31.8 Å². The first-order chi connectivity index (χ1) is 14.8. The molecule has 166 valence electrons. The van der Waals surface area contributed by atoms with Crippen LogP contribution in [0.25, 0.3) is 0 Å². The van der Waals surface area contributed by atoms with Gasteiger partial charge in [0, 0.05) is 18.7 Å². The molecule has 1 aliphatic carbocycles. The number of carboxylic acid groups (broad SMARTS) is 1. The largest absolute Gasteiger partial charge is 0.490 e. The zero-order valence-electron chi connectivity index (χ0n) is 16.5. The van der Waals surface area contributed by atoms with E-state index in [1.54, 1.807) is 24.3 Å². The smallest absolute Gasteiger partial charge is 0.306 e. The number of hydrogen-bond acceptors (Lipinski definition) is 5. The Labute approximate surface area is 193 Å². The number of halogens is 2. The Morgan fingerprint density at radius 1 is 1.00 bits per heavy atom. The molecule has 10 heteroatoms. The summed E-state index contributed by atoms with van der Waals surface area (Å²) in [5.74, 6) is -0.932. The van der Waals surface area contributed by atoms with Gasteiger partial charge < -0.3 is 20.5 Å². The molecule has 0 saturated heterocycles. The fourth-order valence-corrected chi connectivity index (χ4v) is 4.59. The molecule has 1 aromatic carbocycles. The Bertz CT molecular complexity index is 920. The third kappa shape index (κ3) is 6.59. The van der Waals surface area contributed by atoms with Crippen LogP contribution >= 0.6 is 34.5 Å². The van der Waals surface area contributed by atoms with Gasteiger partial charge in [0.1, 0.15) is 10.1 Å². The Morgan fingerprint density at radius 3 is 2.16 bits per heavy atom. The van der Waals surface area contributed by atoms with Crippen molar-refractivity contribution in [1.29, 1.82) is 0 Å². The highest BCUT2D eigenvalue weighted by Crippen LogP contribution is 2.31. The Morgan fingerprint density at radius 2 is 1.61 bits per heavy atom. The van der Waals surface area contributed by atoms with E-state index in [2.05, 4.69) is 10.6 Å². The standard InChI is InChI=1S/C21H22Cl2N2O5S/c22-16-11-17(31-18(16)23)20(27)25-10-9-24-19(26)12-1-5-14(6-2-12)30-15-7-3-13(4-8-15)21(28)29/h1-2,5-6,11,13,15H,3-4,7-10H2,(H,24,26)(H,25,27)(H,28,29). The molecule has 2 amide bonds. The molecule has 1 fully saturated rings. The Kier molecular flexibility index (Phi) is 8.17. The van der Waals surface area contributed by atoms with Crippen molar-refractivity contribution in [3.63, 3.8) is 0 Å². The van der Waals surface area contributed by atoms with Gasteiger partial charge >= 0.3 is 5.97 Å². The maximum Gasteiger partial charge on any atom is 0.306 e. The molecule has 0 bridgehead atoms. The van der Waals surface area contributed by atoms with Crippen molar-refractivity contribution in [2.75, 3.05) is 13.1 Å². The van der Waals surface area contributed by atoms with E-state index < -0.39 is 5.97 Å². The third-order valence-corrected chi connectivity index (χ3v) is 6.87. The zero-order chi connectivity index (χ0) is 22.4. The molecule has 0 aliphatic heterocycles. The predicted octanol–water partition coefficient (Wildman–Crippen LogP) is 4.24. The highest BCUT2D eigenvalue weighted by Gasteiger charge is 2.26. The molecular formula is C21H22Cl2N2O5S. The monoisotopic (exact) mass is 484 g/mol. The van der Waals surface area contributed by atoms with Crippen LogP contribution in [0.3, 0.4) is 0 Å². The van der Waals surface area contributed by atoms with E-state index in [1.807, 2.05) is 0 Å². The minimum Gasteiger partial charge on any atom is -0.490 e. The van der Waals surface area contributed by atoms with Gasteiger partial charge in [-0.25, -0.2) is 0 Å². The quantitative estimate of drug-likeness (QED) is 0.486. The number of benzene rings is 1. The van der Waals surface area contributed by atoms with Crippen LogP contribution in [-0.2, 0) is 4.79 Å². The lowest BCUT2D eigenvalue weighted by Gasteiger charge is -2.26. The number of nitrogens with one attached hydrogen (secondary N) is 2. The van der Waals surface area contributed by atoms with Crippen molar-refractivity contribution in [3.05, 3.63) is 50.1 Å². The summed E-state index contributed by atoms with van der Waals surface area (Å²) in [6.45, 7) is 0.528. The molecule has 1 aliphatic rings. The van der Waals surface area contributed by atoms with E-state index in [0.29, 0.717) is 51.2 Å². The number of rotatable bonds is 8. The van der Waals surface area contributed by atoms with Crippen molar-refractivity contribution >= 4 is 52.3 Å². The van der Waals surface area contributed by atoms with Gasteiger partial charge in [0.05, 0.1) is 21.9 Å². The van der Waals surface area contributed by atoms with E-state index in [4.69, 9.17) is 33.0 Å². The normalized spacial score (nSPS) is 18.3. The van der Waals surface area contributed by atoms with Crippen LogP contribution in [0.1, 0.15) is 45.7 Å². The number of amides is 2. The van der Waals surface area contributed by atoms with E-state index in [1.165, 1.54) is 6.07 Å². The van der Waals surface area contributed by atoms with Gasteiger partial charge in [-0.3, -0.25) is 14.4 Å². The molecule has 0 spiro atoms. The summed E-state index contributed by atoms with van der Waals surface area (Å²) in [5.41, 5.74) is 0.477. The fraction of sp³-hybridized carbons (Fsp3) is 0.381. The fourth-order valence-electron chi connectivity index (χ4n) is 3.30. The Hall–Kier alpha value is -2.29. The van der Waals surface area contributed by atoms with Crippen LogP contribution < -0.4 is 15.4 Å². The summed E-state index contributed by atoms with van der Waals surface area (Å²) in [6.07, 6.45) is 2.63.